The second-order valence-corrected chi connectivity index (χ2v) is 4.01. The normalized spacial score (nSPS) is 10.0. The third kappa shape index (κ3) is 2.35. The van der Waals surface area contributed by atoms with E-state index in [1.807, 2.05) is 0 Å². The summed E-state index contributed by atoms with van der Waals surface area (Å²) in [6.45, 7) is 2.74. The Labute approximate surface area is 98.9 Å². The van der Waals surface area contributed by atoms with Crippen LogP contribution in [0.4, 0.5) is 15.8 Å². The van der Waals surface area contributed by atoms with Crippen molar-refractivity contribution in [1.82, 2.24) is 0 Å². The number of nitrogens with one attached hydrogen (secondary N) is 1. The van der Waals surface area contributed by atoms with E-state index in [4.69, 9.17) is 0 Å². The van der Waals surface area contributed by atoms with Gasteiger partial charge in [-0.25, -0.2) is 0 Å². The molecule has 0 radical (unpaired) electrons. The van der Waals surface area contributed by atoms with Crippen molar-refractivity contribution in [3.8, 4) is 0 Å². The number of carbonyl (C=O) groups is 1. The molecule has 86 valence electrons. The summed E-state index contributed by atoms with van der Waals surface area (Å²) in [5.41, 5.74) is -0.435. The molecular weight excluding hydrogens is 283 g/mol. The maximum Gasteiger partial charge on any atom is 0.329 e. The van der Waals surface area contributed by atoms with Crippen LogP contribution in [-0.2, 0) is 4.79 Å². The molecule has 5 nitrogen and oxygen atoms in total. The molecule has 0 aliphatic rings. The second-order valence-electron chi connectivity index (χ2n) is 3.15. The molecule has 16 heavy (non-hydrogen) atoms. The summed E-state index contributed by atoms with van der Waals surface area (Å²) < 4.78 is 13.5. The summed E-state index contributed by atoms with van der Waals surface area (Å²) in [6, 6.07) is 1.37. The summed E-state index contributed by atoms with van der Waals surface area (Å²) in [6.07, 6.45) is 0. The molecule has 0 bridgehead atoms. The van der Waals surface area contributed by atoms with E-state index in [0.717, 1.165) is 0 Å². The van der Waals surface area contributed by atoms with E-state index in [0.29, 0.717) is 5.56 Å². The van der Waals surface area contributed by atoms with Gasteiger partial charge in [0.2, 0.25) is 11.7 Å². The number of carbonyl (C=O) groups excluding carboxylic acids is 1. The van der Waals surface area contributed by atoms with Crippen molar-refractivity contribution >= 4 is 33.2 Å². The van der Waals surface area contributed by atoms with Crippen LogP contribution in [0.5, 0.6) is 0 Å². The predicted molar refractivity (Wildman–Crippen MR) is 59.8 cm³/mol. The quantitative estimate of drug-likeness (QED) is 0.672. The number of anilines is 1. The molecule has 0 atom stereocenters. The SMILES string of the molecule is CC(=O)Nc1c(C)cc(Br)c(F)c1[N+](=O)[O-]. The van der Waals surface area contributed by atoms with E-state index in [9.17, 15) is 19.3 Å². The van der Waals surface area contributed by atoms with Gasteiger partial charge in [-0.05, 0) is 34.5 Å². The first-order valence-corrected chi connectivity index (χ1v) is 5.04. The molecule has 0 spiro atoms. The van der Waals surface area contributed by atoms with Gasteiger partial charge in [-0.2, -0.15) is 4.39 Å². The van der Waals surface area contributed by atoms with Gasteiger partial charge in [0.25, 0.3) is 0 Å². The summed E-state index contributed by atoms with van der Waals surface area (Å²) in [7, 11) is 0. The van der Waals surface area contributed by atoms with E-state index in [2.05, 4.69) is 21.2 Å². The molecular formula is C9H8BrFN2O3. The number of benzene rings is 1. The highest BCUT2D eigenvalue weighted by molar-refractivity contribution is 9.10. The monoisotopic (exact) mass is 290 g/mol. The number of aryl methyl sites for hydroxylation is 1. The van der Waals surface area contributed by atoms with E-state index in [-0.39, 0.29) is 10.2 Å². The lowest BCUT2D eigenvalue weighted by molar-refractivity contribution is -0.386. The zero-order valence-corrected chi connectivity index (χ0v) is 10.1. The minimum atomic E-state index is -1.00. The van der Waals surface area contributed by atoms with Crippen LogP contribution >= 0.6 is 15.9 Å². The number of hydrogen-bond donors (Lipinski definition) is 1. The molecule has 1 aromatic carbocycles. The lowest BCUT2D eigenvalue weighted by atomic mass is 10.1. The van der Waals surface area contributed by atoms with Crippen molar-refractivity contribution in [2.45, 2.75) is 13.8 Å². The molecule has 0 aromatic heterocycles. The minimum Gasteiger partial charge on any atom is -0.320 e. The molecule has 0 aliphatic heterocycles. The van der Waals surface area contributed by atoms with Crippen LogP contribution in [0.15, 0.2) is 10.5 Å². The number of nitrogens with zero attached hydrogens (tertiary/aromatic N) is 1. The molecule has 1 aromatic rings. The molecule has 0 aliphatic carbocycles. The van der Waals surface area contributed by atoms with Crippen LogP contribution < -0.4 is 5.32 Å². The number of nitro benzene ring substituents is 1. The third-order valence-corrected chi connectivity index (χ3v) is 2.45. The Hall–Kier alpha value is -1.50. The number of halogens is 2. The fraction of sp³-hybridized carbons (Fsp3) is 0.222. The van der Waals surface area contributed by atoms with E-state index in [1.54, 1.807) is 6.92 Å². The topological polar surface area (TPSA) is 72.2 Å². The van der Waals surface area contributed by atoms with Gasteiger partial charge in [0.1, 0.15) is 5.69 Å². The van der Waals surface area contributed by atoms with E-state index < -0.39 is 22.3 Å². The minimum absolute atomic E-state index is 0.00852. The number of hydrogen-bond acceptors (Lipinski definition) is 3. The maximum absolute atomic E-state index is 13.5. The summed E-state index contributed by atoms with van der Waals surface area (Å²) in [5, 5.41) is 13.0. The molecule has 0 heterocycles. The molecule has 0 saturated carbocycles. The first-order valence-electron chi connectivity index (χ1n) is 4.25. The van der Waals surface area contributed by atoms with Gasteiger partial charge in [0.15, 0.2) is 0 Å². The highest BCUT2D eigenvalue weighted by Crippen LogP contribution is 2.35. The van der Waals surface area contributed by atoms with Crippen molar-refractivity contribution < 1.29 is 14.1 Å². The fourth-order valence-electron chi connectivity index (χ4n) is 1.24. The molecule has 7 heteroatoms. The van der Waals surface area contributed by atoms with Crippen LogP contribution in [0, 0.1) is 22.9 Å². The van der Waals surface area contributed by atoms with Crippen LogP contribution in [0.25, 0.3) is 0 Å². The van der Waals surface area contributed by atoms with Crippen molar-refractivity contribution in [3.63, 3.8) is 0 Å². The Morgan fingerprint density at radius 1 is 1.62 bits per heavy atom. The summed E-state index contributed by atoms with van der Waals surface area (Å²) in [5.74, 6) is -1.49. The van der Waals surface area contributed by atoms with Crippen LogP contribution in [0.3, 0.4) is 0 Å². The van der Waals surface area contributed by atoms with Gasteiger partial charge in [-0.3, -0.25) is 14.9 Å². The highest BCUT2D eigenvalue weighted by Gasteiger charge is 2.25. The third-order valence-electron chi connectivity index (χ3n) is 1.88. The Bertz CT molecular complexity index is 476. The zero-order valence-electron chi connectivity index (χ0n) is 8.51. The number of rotatable bonds is 2. The average Bonchev–Trinajstić information content (AvgIpc) is 2.13. The molecule has 1 rings (SSSR count). The van der Waals surface area contributed by atoms with Crippen molar-refractivity contribution in [3.05, 3.63) is 32.0 Å². The van der Waals surface area contributed by atoms with Crippen molar-refractivity contribution in [2.75, 3.05) is 5.32 Å². The van der Waals surface area contributed by atoms with Crippen molar-refractivity contribution in [1.29, 1.82) is 0 Å². The highest BCUT2D eigenvalue weighted by atomic mass is 79.9. The van der Waals surface area contributed by atoms with Crippen LogP contribution in [-0.4, -0.2) is 10.8 Å². The first kappa shape index (κ1) is 12.6. The number of amides is 1. The maximum atomic E-state index is 13.5. The van der Waals surface area contributed by atoms with E-state index >= 15 is 0 Å². The van der Waals surface area contributed by atoms with Gasteiger partial charge in [0, 0.05) is 6.92 Å². The predicted octanol–water partition coefficient (Wildman–Crippen LogP) is 2.76. The van der Waals surface area contributed by atoms with Gasteiger partial charge in [-0.1, -0.05) is 0 Å². The molecule has 1 N–H and O–H groups in total. The number of nitro groups is 1. The molecule has 1 amide bonds. The second kappa shape index (κ2) is 4.56. The zero-order chi connectivity index (χ0) is 12.5. The first-order chi connectivity index (χ1) is 7.34. The van der Waals surface area contributed by atoms with Gasteiger partial charge >= 0.3 is 5.69 Å². The largest absolute Gasteiger partial charge is 0.329 e. The van der Waals surface area contributed by atoms with Gasteiger partial charge in [0.05, 0.1) is 9.40 Å². The standard InChI is InChI=1S/C9H8BrFN2O3/c1-4-3-6(10)7(11)9(13(15)16)8(4)12-5(2)14/h3H,1-2H3,(H,12,14). The Kier molecular flexibility index (Phi) is 3.58. The average molecular weight is 291 g/mol. The van der Waals surface area contributed by atoms with Crippen molar-refractivity contribution in [2.24, 2.45) is 0 Å². The molecule has 0 fully saturated rings. The van der Waals surface area contributed by atoms with Gasteiger partial charge < -0.3 is 5.32 Å². The Morgan fingerprint density at radius 3 is 2.62 bits per heavy atom. The summed E-state index contributed by atoms with van der Waals surface area (Å²) in [4.78, 5) is 20.7. The fourth-order valence-corrected chi connectivity index (χ4v) is 1.77. The Balaban J connectivity index is 3.50. The van der Waals surface area contributed by atoms with Crippen LogP contribution in [0.1, 0.15) is 12.5 Å². The summed E-state index contributed by atoms with van der Waals surface area (Å²) >= 11 is 2.87. The lowest BCUT2D eigenvalue weighted by Gasteiger charge is -2.08. The van der Waals surface area contributed by atoms with E-state index in [1.165, 1.54) is 13.0 Å². The molecule has 0 saturated heterocycles. The smallest absolute Gasteiger partial charge is 0.320 e. The molecule has 0 unspecified atom stereocenters. The van der Waals surface area contributed by atoms with Gasteiger partial charge in [-0.15, -0.1) is 0 Å². The lowest BCUT2D eigenvalue weighted by Crippen LogP contribution is -2.11. The Morgan fingerprint density at radius 2 is 2.19 bits per heavy atom. The van der Waals surface area contributed by atoms with Crippen LogP contribution in [0.2, 0.25) is 0 Å².